The van der Waals surface area contributed by atoms with E-state index in [1.165, 1.54) is 12.1 Å². The molecule has 7 heteroatoms. The van der Waals surface area contributed by atoms with E-state index in [9.17, 15) is 13.2 Å². The molecule has 0 saturated carbocycles. The van der Waals surface area contributed by atoms with Crippen LogP contribution in [0.3, 0.4) is 0 Å². The maximum absolute atomic E-state index is 12.3. The number of carbonyl (C=O) groups excluding carboxylic acids is 1. The number of sulfonamides is 1. The van der Waals surface area contributed by atoms with Crippen LogP contribution >= 0.6 is 0 Å². The molecule has 2 rings (SSSR count). The predicted octanol–water partition coefficient (Wildman–Crippen LogP) is 2.77. The molecule has 0 aromatic heterocycles. The highest BCUT2D eigenvalue weighted by atomic mass is 32.2. The molecule has 0 aliphatic rings. The van der Waals surface area contributed by atoms with E-state index in [-0.39, 0.29) is 10.8 Å². The van der Waals surface area contributed by atoms with Crippen molar-refractivity contribution < 1.29 is 17.9 Å². The highest BCUT2D eigenvalue weighted by molar-refractivity contribution is 7.89. The third kappa shape index (κ3) is 5.38. The Kier molecular flexibility index (Phi) is 6.69. The Labute approximate surface area is 148 Å². The molecule has 2 aromatic rings. The molecule has 0 spiro atoms. The highest BCUT2D eigenvalue weighted by Crippen LogP contribution is 2.15. The van der Waals surface area contributed by atoms with Gasteiger partial charge in [0.05, 0.1) is 11.5 Å². The minimum absolute atomic E-state index is 0.168. The molecule has 0 bridgehead atoms. The first-order chi connectivity index (χ1) is 12.0. The number of benzene rings is 2. The van der Waals surface area contributed by atoms with Gasteiger partial charge in [-0.05, 0) is 48.4 Å². The van der Waals surface area contributed by atoms with Gasteiger partial charge < -0.3 is 10.1 Å². The number of hydrogen-bond donors (Lipinski definition) is 2. The fourth-order valence-electron chi connectivity index (χ4n) is 2.21. The molecule has 0 fully saturated rings. The molecule has 6 nitrogen and oxygen atoms in total. The fourth-order valence-corrected chi connectivity index (χ4v) is 3.34. The number of nitrogens with one attached hydrogen (secondary N) is 2. The molecule has 2 aromatic carbocycles. The van der Waals surface area contributed by atoms with Crippen LogP contribution in [0.25, 0.3) is 0 Å². The van der Waals surface area contributed by atoms with Crippen molar-refractivity contribution in [3.05, 3.63) is 59.7 Å². The van der Waals surface area contributed by atoms with E-state index < -0.39 is 10.0 Å². The lowest BCUT2D eigenvalue weighted by Gasteiger charge is -2.09. The first-order valence-corrected chi connectivity index (χ1v) is 9.43. The van der Waals surface area contributed by atoms with Gasteiger partial charge in [0, 0.05) is 24.9 Å². The first kappa shape index (κ1) is 19.1. The number of carbonyl (C=O) groups is 1. The first-order valence-electron chi connectivity index (χ1n) is 7.95. The molecule has 2 N–H and O–H groups in total. The molecule has 0 saturated heterocycles. The predicted molar refractivity (Wildman–Crippen MR) is 97.0 cm³/mol. The number of methoxy groups -OCH3 is 1. The van der Waals surface area contributed by atoms with E-state index in [2.05, 4.69) is 10.0 Å². The van der Waals surface area contributed by atoms with Gasteiger partial charge in [-0.15, -0.1) is 0 Å². The minimum Gasteiger partial charge on any atom is -0.380 e. The van der Waals surface area contributed by atoms with Crippen molar-refractivity contribution in [2.75, 3.05) is 19.0 Å². The van der Waals surface area contributed by atoms with Crippen LogP contribution in [0.4, 0.5) is 5.69 Å². The Morgan fingerprint density at radius 2 is 1.84 bits per heavy atom. The van der Waals surface area contributed by atoms with Crippen LogP contribution in [0.5, 0.6) is 0 Å². The standard InChI is InChI=1S/C18H22N2O4S/c1-3-11-19-25(22,23)17-9-7-16(8-10-17)20-18(21)15-6-4-5-14(12-15)13-24-2/h4-10,12,19H,3,11,13H2,1-2H3,(H,20,21). The monoisotopic (exact) mass is 362 g/mol. The molecule has 0 radical (unpaired) electrons. The Hall–Kier alpha value is -2.22. The average molecular weight is 362 g/mol. The largest absolute Gasteiger partial charge is 0.380 e. The van der Waals surface area contributed by atoms with Crippen LogP contribution in [0, 0.1) is 0 Å². The summed E-state index contributed by atoms with van der Waals surface area (Å²) in [6.07, 6.45) is 0.718. The van der Waals surface area contributed by atoms with Crippen molar-refractivity contribution in [1.82, 2.24) is 4.72 Å². The van der Waals surface area contributed by atoms with Crippen molar-refractivity contribution in [3.63, 3.8) is 0 Å². The van der Waals surface area contributed by atoms with Crippen molar-refractivity contribution in [2.45, 2.75) is 24.8 Å². The molecular formula is C18H22N2O4S. The molecule has 0 heterocycles. The lowest BCUT2D eigenvalue weighted by atomic mass is 10.1. The third-order valence-electron chi connectivity index (χ3n) is 3.46. The van der Waals surface area contributed by atoms with Gasteiger partial charge in [0.15, 0.2) is 0 Å². The number of anilines is 1. The van der Waals surface area contributed by atoms with Gasteiger partial charge in [0.25, 0.3) is 5.91 Å². The van der Waals surface area contributed by atoms with Gasteiger partial charge in [-0.2, -0.15) is 0 Å². The zero-order chi connectivity index (χ0) is 18.3. The van der Waals surface area contributed by atoms with Crippen LogP contribution in [-0.4, -0.2) is 28.0 Å². The van der Waals surface area contributed by atoms with Gasteiger partial charge in [0.2, 0.25) is 10.0 Å². The molecule has 0 aliphatic carbocycles. The maximum atomic E-state index is 12.3. The van der Waals surface area contributed by atoms with E-state index in [0.717, 1.165) is 12.0 Å². The summed E-state index contributed by atoms with van der Waals surface area (Å²) in [5.74, 6) is -0.266. The summed E-state index contributed by atoms with van der Waals surface area (Å²) in [5, 5.41) is 2.75. The van der Waals surface area contributed by atoms with Crippen LogP contribution in [-0.2, 0) is 21.4 Å². The Morgan fingerprint density at radius 1 is 1.12 bits per heavy atom. The molecule has 25 heavy (non-hydrogen) atoms. The van der Waals surface area contributed by atoms with E-state index in [1.807, 2.05) is 13.0 Å². The topological polar surface area (TPSA) is 84.5 Å². The third-order valence-corrected chi connectivity index (χ3v) is 4.94. The lowest BCUT2D eigenvalue weighted by Crippen LogP contribution is -2.24. The van der Waals surface area contributed by atoms with Gasteiger partial charge >= 0.3 is 0 Å². The number of hydrogen-bond acceptors (Lipinski definition) is 4. The average Bonchev–Trinajstić information content (AvgIpc) is 2.61. The summed E-state index contributed by atoms with van der Waals surface area (Å²) in [6.45, 7) is 2.71. The quantitative estimate of drug-likeness (QED) is 0.756. The molecule has 1 amide bonds. The molecular weight excluding hydrogens is 340 g/mol. The summed E-state index contributed by atoms with van der Waals surface area (Å²) in [6, 6.07) is 13.2. The molecule has 0 aliphatic heterocycles. The zero-order valence-corrected chi connectivity index (χ0v) is 15.1. The summed E-state index contributed by atoms with van der Waals surface area (Å²) >= 11 is 0. The van der Waals surface area contributed by atoms with Crippen molar-refractivity contribution in [1.29, 1.82) is 0 Å². The van der Waals surface area contributed by atoms with Crippen molar-refractivity contribution in [3.8, 4) is 0 Å². The highest BCUT2D eigenvalue weighted by Gasteiger charge is 2.13. The summed E-state index contributed by atoms with van der Waals surface area (Å²) < 4.78 is 31.6. The van der Waals surface area contributed by atoms with Crippen LogP contribution < -0.4 is 10.0 Å². The number of rotatable bonds is 8. The second-order valence-electron chi connectivity index (χ2n) is 5.51. The van der Waals surface area contributed by atoms with E-state index >= 15 is 0 Å². The smallest absolute Gasteiger partial charge is 0.255 e. The van der Waals surface area contributed by atoms with Gasteiger partial charge in [-0.3, -0.25) is 4.79 Å². The molecule has 0 unspecified atom stereocenters. The molecule has 0 atom stereocenters. The van der Waals surface area contributed by atoms with E-state index in [0.29, 0.717) is 24.4 Å². The Balaban J connectivity index is 2.08. The number of ether oxygens (including phenoxy) is 1. The normalized spacial score (nSPS) is 11.3. The summed E-state index contributed by atoms with van der Waals surface area (Å²) in [7, 11) is -1.91. The van der Waals surface area contributed by atoms with Gasteiger partial charge in [0.1, 0.15) is 0 Å². The summed E-state index contributed by atoms with van der Waals surface area (Å²) in [4.78, 5) is 12.5. The van der Waals surface area contributed by atoms with Crippen LogP contribution in [0.2, 0.25) is 0 Å². The molecule has 134 valence electrons. The lowest BCUT2D eigenvalue weighted by molar-refractivity contribution is 0.102. The van der Waals surface area contributed by atoms with Crippen LogP contribution in [0.15, 0.2) is 53.4 Å². The second-order valence-corrected chi connectivity index (χ2v) is 7.28. The summed E-state index contributed by atoms with van der Waals surface area (Å²) in [5.41, 5.74) is 1.94. The van der Waals surface area contributed by atoms with Crippen molar-refractivity contribution in [2.24, 2.45) is 0 Å². The number of amides is 1. The Bertz CT molecular complexity index is 817. The second kappa shape index (κ2) is 8.75. The SMILES string of the molecule is CCCNS(=O)(=O)c1ccc(NC(=O)c2cccc(COC)c2)cc1. The fraction of sp³-hybridized carbons (Fsp3) is 0.278. The van der Waals surface area contributed by atoms with Gasteiger partial charge in [-0.25, -0.2) is 13.1 Å². The van der Waals surface area contributed by atoms with E-state index in [1.54, 1.807) is 37.4 Å². The van der Waals surface area contributed by atoms with Crippen LogP contribution in [0.1, 0.15) is 29.3 Å². The minimum atomic E-state index is -3.51. The van der Waals surface area contributed by atoms with Crippen molar-refractivity contribution >= 4 is 21.6 Å². The van der Waals surface area contributed by atoms with Gasteiger partial charge in [-0.1, -0.05) is 19.1 Å². The zero-order valence-electron chi connectivity index (χ0n) is 14.3. The van der Waals surface area contributed by atoms with E-state index in [4.69, 9.17) is 4.74 Å². The maximum Gasteiger partial charge on any atom is 0.255 e. The Morgan fingerprint density at radius 3 is 2.48 bits per heavy atom.